The summed E-state index contributed by atoms with van der Waals surface area (Å²) in [6, 6.07) is 16.6. The standard InChI is InChI=1S/C27H22BrN3O7S/c1-16-5-3-7-19(9-16)29-24(32)14-30-26(33)23(39-27(30)34)13-18-11-21(28)25(22(12-18)37-2)38-15-17-6-4-8-20(10-17)31(35)36/h3-13H,14-15H2,1-2H3,(H,29,32)/b23-13-. The predicted molar refractivity (Wildman–Crippen MR) is 151 cm³/mol. The van der Waals surface area contributed by atoms with Gasteiger partial charge in [0.15, 0.2) is 11.5 Å². The molecule has 3 amide bonds. The minimum Gasteiger partial charge on any atom is -0.493 e. The number of nitrogens with one attached hydrogen (secondary N) is 1. The third-order valence-electron chi connectivity index (χ3n) is 5.53. The number of amides is 3. The van der Waals surface area contributed by atoms with Crippen LogP contribution in [0.5, 0.6) is 11.5 Å². The number of hydrogen-bond donors (Lipinski definition) is 1. The van der Waals surface area contributed by atoms with Crippen molar-refractivity contribution in [2.45, 2.75) is 13.5 Å². The van der Waals surface area contributed by atoms with Crippen LogP contribution in [0.25, 0.3) is 6.08 Å². The number of carbonyl (C=O) groups is 3. The van der Waals surface area contributed by atoms with Gasteiger partial charge in [0.2, 0.25) is 5.91 Å². The summed E-state index contributed by atoms with van der Waals surface area (Å²) in [5.41, 5.74) is 2.65. The molecule has 1 aliphatic rings. The molecule has 1 fully saturated rings. The Labute approximate surface area is 236 Å². The molecule has 39 heavy (non-hydrogen) atoms. The molecule has 0 atom stereocenters. The maximum absolute atomic E-state index is 12.9. The van der Waals surface area contributed by atoms with Crippen LogP contribution in [0, 0.1) is 17.0 Å². The lowest BCUT2D eigenvalue weighted by atomic mass is 10.1. The van der Waals surface area contributed by atoms with E-state index in [9.17, 15) is 24.5 Å². The Morgan fingerprint density at radius 1 is 1.15 bits per heavy atom. The summed E-state index contributed by atoms with van der Waals surface area (Å²) in [5.74, 6) is -0.357. The highest BCUT2D eigenvalue weighted by molar-refractivity contribution is 9.10. The van der Waals surface area contributed by atoms with Crippen LogP contribution in [0.1, 0.15) is 16.7 Å². The van der Waals surface area contributed by atoms with Crippen LogP contribution >= 0.6 is 27.7 Å². The van der Waals surface area contributed by atoms with E-state index >= 15 is 0 Å². The first-order valence-corrected chi connectivity index (χ1v) is 13.1. The fraction of sp³-hybridized carbons (Fsp3) is 0.148. The molecule has 0 aliphatic carbocycles. The molecule has 0 saturated carbocycles. The number of rotatable bonds is 9. The quantitative estimate of drug-likeness (QED) is 0.179. The number of benzene rings is 3. The third kappa shape index (κ3) is 6.84. The highest BCUT2D eigenvalue weighted by atomic mass is 79.9. The largest absolute Gasteiger partial charge is 0.493 e. The van der Waals surface area contributed by atoms with Crippen molar-refractivity contribution in [3.8, 4) is 11.5 Å². The van der Waals surface area contributed by atoms with Crippen molar-refractivity contribution < 1.29 is 28.8 Å². The highest BCUT2D eigenvalue weighted by Crippen LogP contribution is 2.39. The highest BCUT2D eigenvalue weighted by Gasteiger charge is 2.36. The molecular weight excluding hydrogens is 590 g/mol. The molecule has 0 spiro atoms. The second-order valence-corrected chi connectivity index (χ2v) is 10.3. The Balaban J connectivity index is 1.47. The molecule has 1 aliphatic heterocycles. The van der Waals surface area contributed by atoms with Crippen molar-refractivity contribution in [1.82, 2.24) is 4.90 Å². The van der Waals surface area contributed by atoms with Crippen LogP contribution in [0.4, 0.5) is 16.2 Å². The van der Waals surface area contributed by atoms with Gasteiger partial charge in [-0.1, -0.05) is 24.3 Å². The molecule has 0 unspecified atom stereocenters. The zero-order valence-electron chi connectivity index (χ0n) is 20.8. The van der Waals surface area contributed by atoms with E-state index < -0.39 is 28.5 Å². The first-order valence-electron chi connectivity index (χ1n) is 11.5. The van der Waals surface area contributed by atoms with Crippen molar-refractivity contribution in [3.05, 3.63) is 96.8 Å². The van der Waals surface area contributed by atoms with E-state index in [4.69, 9.17) is 9.47 Å². The smallest absolute Gasteiger partial charge is 0.294 e. The average molecular weight is 612 g/mol. The summed E-state index contributed by atoms with van der Waals surface area (Å²) in [7, 11) is 1.45. The summed E-state index contributed by atoms with van der Waals surface area (Å²) in [6.07, 6.45) is 1.53. The Morgan fingerprint density at radius 3 is 2.64 bits per heavy atom. The molecule has 10 nitrogen and oxygen atoms in total. The maximum Gasteiger partial charge on any atom is 0.294 e. The van der Waals surface area contributed by atoms with Crippen LogP contribution in [0.3, 0.4) is 0 Å². The summed E-state index contributed by atoms with van der Waals surface area (Å²) in [5, 5.41) is 13.2. The number of imide groups is 1. The lowest BCUT2D eigenvalue weighted by Gasteiger charge is -2.14. The SMILES string of the molecule is COc1cc(/C=C2\SC(=O)N(CC(=O)Nc3cccc(C)c3)C2=O)cc(Br)c1OCc1cccc([N+](=O)[O-])c1. The molecule has 12 heteroatoms. The Morgan fingerprint density at radius 2 is 1.92 bits per heavy atom. The second kappa shape index (κ2) is 12.1. The van der Waals surface area contributed by atoms with E-state index in [1.54, 1.807) is 42.5 Å². The van der Waals surface area contributed by atoms with Crippen molar-refractivity contribution >= 4 is 62.2 Å². The Kier molecular flexibility index (Phi) is 8.67. The molecule has 0 bridgehead atoms. The fourth-order valence-electron chi connectivity index (χ4n) is 3.73. The molecule has 1 N–H and O–H groups in total. The van der Waals surface area contributed by atoms with E-state index in [2.05, 4.69) is 21.2 Å². The fourth-order valence-corrected chi connectivity index (χ4v) is 5.15. The van der Waals surface area contributed by atoms with Gasteiger partial charge in [-0.25, -0.2) is 0 Å². The lowest BCUT2D eigenvalue weighted by molar-refractivity contribution is -0.384. The van der Waals surface area contributed by atoms with Crippen LogP contribution in [0.15, 0.2) is 70.0 Å². The van der Waals surface area contributed by atoms with Gasteiger partial charge in [0.1, 0.15) is 13.2 Å². The number of nitro benzene ring substituents is 1. The number of nitro groups is 1. The first-order chi connectivity index (χ1) is 18.6. The van der Waals surface area contributed by atoms with Crippen LogP contribution in [-0.4, -0.2) is 40.5 Å². The summed E-state index contributed by atoms with van der Waals surface area (Å²) in [6.45, 7) is 1.53. The van der Waals surface area contributed by atoms with E-state index in [0.29, 0.717) is 32.8 Å². The van der Waals surface area contributed by atoms with Gasteiger partial charge in [-0.15, -0.1) is 0 Å². The number of aryl methyl sites for hydroxylation is 1. The number of halogens is 1. The van der Waals surface area contributed by atoms with Gasteiger partial charge in [-0.3, -0.25) is 29.4 Å². The van der Waals surface area contributed by atoms with Crippen molar-refractivity contribution in [2.75, 3.05) is 19.0 Å². The van der Waals surface area contributed by atoms with E-state index in [0.717, 1.165) is 22.2 Å². The van der Waals surface area contributed by atoms with Crippen molar-refractivity contribution in [2.24, 2.45) is 0 Å². The lowest BCUT2D eigenvalue weighted by Crippen LogP contribution is -2.36. The van der Waals surface area contributed by atoms with Crippen LogP contribution in [-0.2, 0) is 16.2 Å². The number of ether oxygens (including phenoxy) is 2. The third-order valence-corrected chi connectivity index (χ3v) is 7.03. The number of methoxy groups -OCH3 is 1. The Bertz CT molecular complexity index is 1510. The van der Waals surface area contributed by atoms with E-state index in [1.807, 2.05) is 13.0 Å². The number of non-ortho nitro benzene ring substituents is 1. The minimum absolute atomic E-state index is 0.0425. The number of thioether (sulfide) groups is 1. The zero-order chi connectivity index (χ0) is 28.1. The molecular formula is C27H22BrN3O7S. The number of carbonyl (C=O) groups excluding carboxylic acids is 3. The van der Waals surface area contributed by atoms with Gasteiger partial charge in [0.25, 0.3) is 16.8 Å². The second-order valence-electron chi connectivity index (χ2n) is 8.44. The maximum atomic E-state index is 12.9. The van der Waals surface area contributed by atoms with E-state index in [-0.39, 0.29) is 17.2 Å². The van der Waals surface area contributed by atoms with Crippen LogP contribution < -0.4 is 14.8 Å². The Hall–Kier alpha value is -4.16. The minimum atomic E-state index is -0.578. The van der Waals surface area contributed by atoms with Gasteiger partial charge in [0.05, 0.1) is 21.4 Å². The average Bonchev–Trinajstić information content (AvgIpc) is 3.15. The van der Waals surface area contributed by atoms with Crippen LogP contribution in [0.2, 0.25) is 0 Å². The monoisotopic (exact) mass is 611 g/mol. The molecule has 1 heterocycles. The van der Waals surface area contributed by atoms with Gasteiger partial charge < -0.3 is 14.8 Å². The molecule has 4 rings (SSSR count). The van der Waals surface area contributed by atoms with Gasteiger partial charge in [-0.2, -0.15) is 0 Å². The number of anilines is 1. The topological polar surface area (TPSA) is 128 Å². The molecule has 0 radical (unpaired) electrons. The van der Waals surface area contributed by atoms with E-state index in [1.165, 1.54) is 25.3 Å². The molecule has 1 saturated heterocycles. The summed E-state index contributed by atoms with van der Waals surface area (Å²) in [4.78, 5) is 49.5. The summed E-state index contributed by atoms with van der Waals surface area (Å²) < 4.78 is 11.8. The molecule has 0 aromatic heterocycles. The molecule has 200 valence electrons. The van der Waals surface area contributed by atoms with Crippen molar-refractivity contribution in [3.63, 3.8) is 0 Å². The zero-order valence-corrected chi connectivity index (χ0v) is 23.2. The van der Waals surface area contributed by atoms with Gasteiger partial charge in [0, 0.05) is 17.8 Å². The van der Waals surface area contributed by atoms with Crippen molar-refractivity contribution in [1.29, 1.82) is 0 Å². The predicted octanol–water partition coefficient (Wildman–Crippen LogP) is 5.93. The van der Waals surface area contributed by atoms with Gasteiger partial charge in [-0.05, 0) is 81.6 Å². The van der Waals surface area contributed by atoms with Gasteiger partial charge >= 0.3 is 0 Å². The first kappa shape index (κ1) is 27.9. The molecule has 3 aromatic carbocycles. The molecule has 3 aromatic rings. The number of hydrogen-bond acceptors (Lipinski definition) is 8. The summed E-state index contributed by atoms with van der Waals surface area (Å²) >= 11 is 4.18. The number of nitrogens with zero attached hydrogens (tertiary/aromatic N) is 2. The normalized spacial score (nSPS) is 14.0.